The zero-order chi connectivity index (χ0) is 31.4. The van der Waals surface area contributed by atoms with E-state index < -0.39 is 5.60 Å². The Bertz CT molecular complexity index is 1520. The summed E-state index contributed by atoms with van der Waals surface area (Å²) in [5, 5.41) is 6.93. The van der Waals surface area contributed by atoms with Crippen LogP contribution in [0.1, 0.15) is 80.1 Å². The molecule has 2 aromatic carbocycles. The first-order valence-corrected chi connectivity index (χ1v) is 15.3. The Morgan fingerprint density at radius 2 is 1.84 bits per heavy atom. The molecule has 0 radical (unpaired) electrons. The molecule has 0 saturated heterocycles. The number of nitrogens with zero attached hydrogens (tertiary/aromatic N) is 3. The first kappa shape index (κ1) is 31.1. The highest BCUT2D eigenvalue weighted by molar-refractivity contribution is 6.03. The number of carbonyl (C=O) groups excluding carboxylic acids is 2. The van der Waals surface area contributed by atoms with Crippen LogP contribution in [0.4, 0.5) is 17.5 Å². The number of anilines is 3. The van der Waals surface area contributed by atoms with E-state index in [0.29, 0.717) is 54.0 Å². The zero-order valence-corrected chi connectivity index (χ0v) is 26.5. The lowest BCUT2D eigenvalue weighted by Gasteiger charge is -2.32. The van der Waals surface area contributed by atoms with Crippen molar-refractivity contribution in [2.75, 3.05) is 24.9 Å². The van der Waals surface area contributed by atoms with Gasteiger partial charge >= 0.3 is 5.97 Å². The second kappa shape index (κ2) is 13.1. The predicted molar refractivity (Wildman–Crippen MR) is 169 cm³/mol. The van der Waals surface area contributed by atoms with Crippen LogP contribution in [0.25, 0.3) is 0 Å². The maximum absolute atomic E-state index is 13.9. The number of aryl methyl sites for hydroxylation is 1. The number of rotatable bonds is 10. The number of hydrogen-bond donors (Lipinski definition) is 2. The molecule has 2 heterocycles. The summed E-state index contributed by atoms with van der Waals surface area (Å²) in [7, 11) is 3.21. The molecule has 1 fully saturated rings. The molecule has 2 N–H and O–H groups in total. The first-order chi connectivity index (χ1) is 21.0. The number of ether oxygens (including phenoxy) is 3. The standard InChI is InChI=1S/C34H43N5O5/c1-21-10-9-12-24(16-21)35-31-30-27(20-39(32(30)41)19-23-14-15-25(42-5)18-28(23)43-6)37-33(38-31)36-26-13-8-7-11-22(26)17-29(40)44-34(2,3)4/h9-10,12,14-16,18,22,26H,7-8,11,13,17,19-20H2,1-6H3,(H2,35,36,37,38)/t22-,26-/m1/s1. The van der Waals surface area contributed by atoms with Gasteiger partial charge < -0.3 is 29.7 Å². The summed E-state index contributed by atoms with van der Waals surface area (Å²) in [4.78, 5) is 38.0. The Morgan fingerprint density at radius 1 is 1.05 bits per heavy atom. The minimum Gasteiger partial charge on any atom is -0.497 e. The lowest BCUT2D eigenvalue weighted by atomic mass is 9.82. The maximum Gasteiger partial charge on any atom is 0.306 e. The molecule has 1 saturated carbocycles. The first-order valence-electron chi connectivity index (χ1n) is 15.3. The van der Waals surface area contributed by atoms with Crippen LogP contribution in [0.3, 0.4) is 0 Å². The fraction of sp³-hybridized carbons (Fsp3) is 0.471. The monoisotopic (exact) mass is 601 g/mol. The lowest BCUT2D eigenvalue weighted by molar-refractivity contribution is -0.156. The quantitative estimate of drug-likeness (QED) is 0.255. The molecule has 2 aliphatic rings. The van der Waals surface area contributed by atoms with E-state index in [1.54, 1.807) is 19.1 Å². The lowest BCUT2D eigenvalue weighted by Crippen LogP contribution is -2.36. The Hall–Kier alpha value is -4.34. The van der Waals surface area contributed by atoms with Gasteiger partial charge in [0.1, 0.15) is 28.5 Å². The highest BCUT2D eigenvalue weighted by Crippen LogP contribution is 2.35. The van der Waals surface area contributed by atoms with Gasteiger partial charge in [0, 0.05) is 23.4 Å². The number of carbonyl (C=O) groups is 2. The van der Waals surface area contributed by atoms with Gasteiger partial charge in [-0.25, -0.2) is 4.98 Å². The second-order valence-corrected chi connectivity index (χ2v) is 12.6. The summed E-state index contributed by atoms with van der Waals surface area (Å²) >= 11 is 0. The van der Waals surface area contributed by atoms with Crippen LogP contribution in [-0.2, 0) is 22.6 Å². The molecule has 0 bridgehead atoms. The molecule has 234 valence electrons. The Morgan fingerprint density at radius 3 is 2.57 bits per heavy atom. The third-order valence-electron chi connectivity index (χ3n) is 8.03. The minimum absolute atomic E-state index is 0.0120. The molecule has 2 atom stereocenters. The van der Waals surface area contributed by atoms with Crippen molar-refractivity contribution < 1.29 is 23.8 Å². The van der Waals surface area contributed by atoms with Gasteiger partial charge in [0.05, 0.1) is 39.4 Å². The normalized spacial score (nSPS) is 18.0. The number of aromatic nitrogens is 2. The molecule has 1 amide bonds. The van der Waals surface area contributed by atoms with Gasteiger partial charge in [-0.15, -0.1) is 0 Å². The predicted octanol–water partition coefficient (Wildman–Crippen LogP) is 6.40. The van der Waals surface area contributed by atoms with Crippen molar-refractivity contribution >= 4 is 29.3 Å². The summed E-state index contributed by atoms with van der Waals surface area (Å²) in [5.74, 6) is 1.98. The maximum atomic E-state index is 13.9. The van der Waals surface area contributed by atoms with Crippen LogP contribution < -0.4 is 20.1 Å². The van der Waals surface area contributed by atoms with E-state index >= 15 is 0 Å². The number of esters is 1. The van der Waals surface area contributed by atoms with Gasteiger partial charge in [0.15, 0.2) is 0 Å². The zero-order valence-electron chi connectivity index (χ0n) is 26.5. The van der Waals surface area contributed by atoms with Crippen LogP contribution in [-0.4, -0.2) is 52.6 Å². The van der Waals surface area contributed by atoms with Gasteiger partial charge in [-0.3, -0.25) is 9.59 Å². The summed E-state index contributed by atoms with van der Waals surface area (Å²) in [6.07, 6.45) is 4.28. The van der Waals surface area contributed by atoms with Crippen LogP contribution in [0.2, 0.25) is 0 Å². The molecule has 5 rings (SSSR count). The van der Waals surface area contributed by atoms with Crippen LogP contribution in [0.15, 0.2) is 42.5 Å². The van der Waals surface area contributed by atoms with E-state index in [2.05, 4.69) is 10.6 Å². The largest absolute Gasteiger partial charge is 0.497 e. The number of methoxy groups -OCH3 is 2. The van der Waals surface area contributed by atoms with Crippen molar-refractivity contribution in [3.05, 3.63) is 64.8 Å². The van der Waals surface area contributed by atoms with Crippen LogP contribution in [0.5, 0.6) is 11.5 Å². The van der Waals surface area contributed by atoms with Crippen LogP contribution in [0, 0.1) is 12.8 Å². The number of benzene rings is 2. The van der Waals surface area contributed by atoms with E-state index in [4.69, 9.17) is 24.2 Å². The summed E-state index contributed by atoms with van der Waals surface area (Å²) in [5.41, 5.74) is 3.36. The molecule has 1 aliphatic heterocycles. The third kappa shape index (κ3) is 7.41. The van der Waals surface area contributed by atoms with Gasteiger partial charge in [0.2, 0.25) is 5.95 Å². The highest BCUT2D eigenvalue weighted by atomic mass is 16.6. The highest BCUT2D eigenvalue weighted by Gasteiger charge is 2.35. The molecular formula is C34H43N5O5. The summed E-state index contributed by atoms with van der Waals surface area (Å²) in [6.45, 7) is 8.35. The molecule has 1 aliphatic carbocycles. The van der Waals surface area contributed by atoms with Gasteiger partial charge in [-0.1, -0.05) is 25.0 Å². The van der Waals surface area contributed by atoms with E-state index in [0.717, 1.165) is 42.5 Å². The average Bonchev–Trinajstić information content (AvgIpc) is 3.28. The molecule has 10 nitrogen and oxygen atoms in total. The van der Waals surface area contributed by atoms with Gasteiger partial charge in [-0.2, -0.15) is 4.98 Å². The SMILES string of the molecule is COc1ccc(CN2Cc3nc(N[C@@H]4CCCC[C@@H]4CC(=O)OC(C)(C)C)nc(Nc4cccc(C)c4)c3C2=O)c(OC)c1. The molecule has 0 unspecified atom stereocenters. The van der Waals surface area contributed by atoms with Crippen molar-refractivity contribution in [2.45, 2.75) is 84.5 Å². The van der Waals surface area contributed by atoms with Gasteiger partial charge in [-0.05, 0) is 76.3 Å². The number of hydrogen-bond acceptors (Lipinski definition) is 9. The molecular weight excluding hydrogens is 558 g/mol. The van der Waals surface area contributed by atoms with E-state index in [1.165, 1.54) is 0 Å². The summed E-state index contributed by atoms with van der Waals surface area (Å²) in [6, 6.07) is 13.5. The van der Waals surface area contributed by atoms with Crippen molar-refractivity contribution in [1.29, 1.82) is 0 Å². The fourth-order valence-corrected chi connectivity index (χ4v) is 5.99. The van der Waals surface area contributed by atoms with Crippen molar-refractivity contribution in [3.63, 3.8) is 0 Å². The molecule has 44 heavy (non-hydrogen) atoms. The number of nitrogens with one attached hydrogen (secondary N) is 2. The molecule has 1 aromatic heterocycles. The smallest absolute Gasteiger partial charge is 0.306 e. The number of fused-ring (bicyclic) bond motifs is 1. The van der Waals surface area contributed by atoms with E-state index in [-0.39, 0.29) is 23.8 Å². The van der Waals surface area contributed by atoms with Crippen molar-refractivity contribution in [3.8, 4) is 11.5 Å². The average molecular weight is 602 g/mol. The topological polar surface area (TPSA) is 115 Å². The van der Waals surface area contributed by atoms with Crippen LogP contribution >= 0.6 is 0 Å². The molecule has 0 spiro atoms. The summed E-state index contributed by atoms with van der Waals surface area (Å²) < 4.78 is 16.6. The molecule has 10 heteroatoms. The number of amides is 1. The Labute approximate surface area is 259 Å². The third-order valence-corrected chi connectivity index (χ3v) is 8.03. The van der Waals surface area contributed by atoms with Gasteiger partial charge in [0.25, 0.3) is 5.91 Å². The van der Waals surface area contributed by atoms with Crippen molar-refractivity contribution in [2.24, 2.45) is 5.92 Å². The Kier molecular flexibility index (Phi) is 9.27. The molecule has 3 aromatic rings. The minimum atomic E-state index is -0.525. The fourth-order valence-electron chi connectivity index (χ4n) is 5.99. The van der Waals surface area contributed by atoms with E-state index in [1.807, 2.05) is 70.2 Å². The van der Waals surface area contributed by atoms with Crippen molar-refractivity contribution in [1.82, 2.24) is 14.9 Å². The second-order valence-electron chi connectivity index (χ2n) is 12.6. The van der Waals surface area contributed by atoms with E-state index in [9.17, 15) is 9.59 Å². The Balaban J connectivity index is 1.43.